The zero-order chi connectivity index (χ0) is 17.1. The highest BCUT2D eigenvalue weighted by Crippen LogP contribution is 2.12. The molecule has 2 heteroatoms. The Bertz CT molecular complexity index is 221. The summed E-state index contributed by atoms with van der Waals surface area (Å²) >= 11 is 0. The van der Waals surface area contributed by atoms with Crippen molar-refractivity contribution < 1.29 is 0 Å². The summed E-state index contributed by atoms with van der Waals surface area (Å²) in [6.45, 7) is 8.91. The van der Waals surface area contributed by atoms with Crippen LogP contribution < -0.4 is 5.32 Å². The molecular weight excluding hydrogens is 292 g/mol. The van der Waals surface area contributed by atoms with Gasteiger partial charge in [0.2, 0.25) is 0 Å². The van der Waals surface area contributed by atoms with Gasteiger partial charge in [-0.3, -0.25) is 0 Å². The van der Waals surface area contributed by atoms with E-state index in [1.807, 2.05) is 0 Å². The van der Waals surface area contributed by atoms with Crippen molar-refractivity contribution in [3.05, 3.63) is 0 Å². The summed E-state index contributed by atoms with van der Waals surface area (Å²) in [6.07, 6.45) is 23.1. The van der Waals surface area contributed by atoms with E-state index in [9.17, 15) is 0 Å². The first-order chi connectivity index (χ1) is 11.9. The van der Waals surface area contributed by atoms with Crippen LogP contribution in [0.15, 0.2) is 0 Å². The van der Waals surface area contributed by atoms with Crippen molar-refractivity contribution in [1.82, 2.24) is 10.2 Å². The normalized spacial score (nSPS) is 18.9. The van der Waals surface area contributed by atoms with Gasteiger partial charge < -0.3 is 10.2 Å². The van der Waals surface area contributed by atoms with E-state index in [2.05, 4.69) is 17.1 Å². The maximum absolute atomic E-state index is 3.28. The van der Waals surface area contributed by atoms with E-state index in [1.165, 1.54) is 135 Å². The van der Waals surface area contributed by atoms with Gasteiger partial charge in [-0.25, -0.2) is 0 Å². The smallest absolute Gasteiger partial charge is 0.00187 e. The van der Waals surface area contributed by atoms with Crippen LogP contribution in [0.25, 0.3) is 0 Å². The molecule has 2 aliphatic heterocycles. The lowest BCUT2D eigenvalue weighted by molar-refractivity contribution is 0.224. The van der Waals surface area contributed by atoms with Gasteiger partial charge in [0, 0.05) is 0 Å². The predicted octanol–water partition coefficient (Wildman–Crippen LogP) is 6.15. The van der Waals surface area contributed by atoms with Gasteiger partial charge in [-0.05, 0) is 64.8 Å². The van der Waals surface area contributed by atoms with Gasteiger partial charge in [0.1, 0.15) is 0 Å². The molecule has 0 aliphatic carbocycles. The van der Waals surface area contributed by atoms with Crippen LogP contribution in [-0.2, 0) is 0 Å². The molecule has 2 rings (SSSR count). The van der Waals surface area contributed by atoms with Crippen LogP contribution in [0.2, 0.25) is 0 Å². The fourth-order valence-electron chi connectivity index (χ4n) is 3.81. The zero-order valence-corrected chi connectivity index (χ0v) is 16.8. The van der Waals surface area contributed by atoms with Gasteiger partial charge in [-0.1, -0.05) is 77.6 Å². The van der Waals surface area contributed by atoms with Crippen molar-refractivity contribution in [2.45, 2.75) is 110 Å². The highest BCUT2D eigenvalue weighted by Gasteiger charge is 2.08. The zero-order valence-electron chi connectivity index (χ0n) is 16.8. The van der Waals surface area contributed by atoms with Crippen molar-refractivity contribution in [2.75, 3.05) is 32.7 Å². The summed E-state index contributed by atoms with van der Waals surface area (Å²) in [6, 6.07) is 0. The lowest BCUT2D eigenvalue weighted by atomic mass is 10.1. The molecule has 2 fully saturated rings. The fourth-order valence-corrected chi connectivity index (χ4v) is 3.81. The first-order valence-electron chi connectivity index (χ1n) is 11.4. The Kier molecular flexibility index (Phi) is 16.2. The molecule has 0 radical (unpaired) electrons. The number of hydrogen-bond donors (Lipinski definition) is 1. The molecule has 0 aromatic rings. The Morgan fingerprint density at radius 2 is 1.08 bits per heavy atom. The molecule has 144 valence electrons. The van der Waals surface area contributed by atoms with Gasteiger partial charge in [0.05, 0.1) is 0 Å². The molecule has 0 saturated carbocycles. The number of hydrogen-bond acceptors (Lipinski definition) is 2. The monoisotopic (exact) mass is 338 g/mol. The van der Waals surface area contributed by atoms with Crippen LogP contribution in [-0.4, -0.2) is 37.6 Å². The highest BCUT2D eigenvalue weighted by molar-refractivity contribution is 4.64. The lowest BCUT2D eigenvalue weighted by Crippen LogP contribution is -2.30. The van der Waals surface area contributed by atoms with Crippen molar-refractivity contribution in [3.8, 4) is 0 Å². The Morgan fingerprint density at radius 3 is 1.54 bits per heavy atom. The fraction of sp³-hybridized carbons (Fsp3) is 1.00. The molecule has 0 atom stereocenters. The molecule has 0 spiro atoms. The van der Waals surface area contributed by atoms with Crippen LogP contribution in [0.5, 0.6) is 0 Å². The quantitative estimate of drug-likeness (QED) is 0.454. The van der Waals surface area contributed by atoms with E-state index in [1.54, 1.807) is 0 Å². The SMILES string of the molecule is C1CCNCC1.CCCCCCCCCCCCN1CCCCC1. The van der Waals surface area contributed by atoms with E-state index in [0.717, 1.165) is 0 Å². The average molecular weight is 339 g/mol. The molecule has 24 heavy (non-hydrogen) atoms. The van der Waals surface area contributed by atoms with Gasteiger partial charge in [-0.2, -0.15) is 0 Å². The number of rotatable bonds is 11. The van der Waals surface area contributed by atoms with Crippen molar-refractivity contribution >= 4 is 0 Å². The molecule has 1 N–H and O–H groups in total. The lowest BCUT2D eigenvalue weighted by Gasteiger charge is -2.26. The minimum absolute atomic E-state index is 1.25. The summed E-state index contributed by atoms with van der Waals surface area (Å²) < 4.78 is 0. The van der Waals surface area contributed by atoms with Crippen molar-refractivity contribution in [2.24, 2.45) is 0 Å². The summed E-state index contributed by atoms with van der Waals surface area (Å²) in [4.78, 5) is 2.67. The van der Waals surface area contributed by atoms with E-state index in [4.69, 9.17) is 0 Å². The molecule has 2 saturated heterocycles. The molecule has 0 aromatic heterocycles. The number of nitrogens with zero attached hydrogens (tertiary/aromatic N) is 1. The largest absolute Gasteiger partial charge is 0.317 e. The minimum atomic E-state index is 1.25. The molecule has 0 bridgehead atoms. The third kappa shape index (κ3) is 14.3. The second-order valence-corrected chi connectivity index (χ2v) is 7.89. The number of likely N-dealkylation sites (tertiary alicyclic amines) is 1. The second-order valence-electron chi connectivity index (χ2n) is 7.89. The average Bonchev–Trinajstić information content (AvgIpc) is 2.66. The minimum Gasteiger partial charge on any atom is -0.317 e. The molecule has 2 heterocycles. The van der Waals surface area contributed by atoms with E-state index < -0.39 is 0 Å². The van der Waals surface area contributed by atoms with Gasteiger partial charge in [0.25, 0.3) is 0 Å². The maximum atomic E-state index is 3.28. The van der Waals surface area contributed by atoms with Gasteiger partial charge in [0.15, 0.2) is 0 Å². The standard InChI is InChI=1S/C17H35N.C5H11N/c1-2-3-4-5-6-7-8-9-10-12-15-18-16-13-11-14-17-18;1-2-4-6-5-3-1/h2-17H2,1H3;6H,1-5H2. The van der Waals surface area contributed by atoms with Crippen LogP contribution in [0, 0.1) is 0 Å². The number of piperidine rings is 2. The molecule has 0 unspecified atom stereocenters. The van der Waals surface area contributed by atoms with Gasteiger partial charge >= 0.3 is 0 Å². The highest BCUT2D eigenvalue weighted by atomic mass is 15.1. The summed E-state index contributed by atoms with van der Waals surface area (Å²) in [5.41, 5.74) is 0. The molecule has 0 aromatic carbocycles. The summed E-state index contributed by atoms with van der Waals surface area (Å²) in [5, 5.41) is 3.28. The Morgan fingerprint density at radius 1 is 0.583 bits per heavy atom. The topological polar surface area (TPSA) is 15.3 Å². The van der Waals surface area contributed by atoms with Crippen LogP contribution in [0.1, 0.15) is 110 Å². The predicted molar refractivity (Wildman–Crippen MR) is 109 cm³/mol. The third-order valence-corrected chi connectivity index (χ3v) is 5.48. The first-order valence-corrected chi connectivity index (χ1v) is 11.4. The van der Waals surface area contributed by atoms with Crippen LogP contribution >= 0.6 is 0 Å². The summed E-state index contributed by atoms with van der Waals surface area (Å²) in [5.74, 6) is 0. The molecular formula is C22H46N2. The molecule has 0 amide bonds. The Hall–Kier alpha value is -0.0800. The van der Waals surface area contributed by atoms with Crippen molar-refractivity contribution in [3.63, 3.8) is 0 Å². The van der Waals surface area contributed by atoms with Crippen LogP contribution in [0.3, 0.4) is 0 Å². The van der Waals surface area contributed by atoms with E-state index in [-0.39, 0.29) is 0 Å². The number of nitrogens with one attached hydrogen (secondary N) is 1. The summed E-state index contributed by atoms with van der Waals surface area (Å²) in [7, 11) is 0. The van der Waals surface area contributed by atoms with Crippen LogP contribution in [0.4, 0.5) is 0 Å². The molecule has 2 aliphatic rings. The second kappa shape index (κ2) is 17.7. The Balaban J connectivity index is 0.000000400. The van der Waals surface area contributed by atoms with Crippen molar-refractivity contribution in [1.29, 1.82) is 0 Å². The Labute approximate surface area is 153 Å². The first kappa shape index (κ1) is 22.0. The van der Waals surface area contributed by atoms with E-state index in [0.29, 0.717) is 0 Å². The third-order valence-electron chi connectivity index (χ3n) is 5.48. The maximum Gasteiger partial charge on any atom is -0.00187 e. The number of unbranched alkanes of at least 4 members (excludes halogenated alkanes) is 9. The van der Waals surface area contributed by atoms with Gasteiger partial charge in [-0.15, -0.1) is 0 Å². The van der Waals surface area contributed by atoms with E-state index >= 15 is 0 Å². The molecule has 2 nitrogen and oxygen atoms in total.